The molecule has 3 heteroatoms. The first kappa shape index (κ1) is 10.9. The largest absolute Gasteiger partial charge is 0.306 e. The van der Waals surface area contributed by atoms with E-state index in [1.165, 1.54) is 10.6 Å². The third kappa shape index (κ3) is 1.85. The van der Waals surface area contributed by atoms with Gasteiger partial charge in [0.2, 0.25) is 0 Å². The SMILES string of the molecule is CCCCn1c(=O)c(F)cc2ccccc21. The van der Waals surface area contributed by atoms with Gasteiger partial charge in [0.05, 0.1) is 5.52 Å². The van der Waals surface area contributed by atoms with Crippen molar-refractivity contribution in [2.24, 2.45) is 0 Å². The van der Waals surface area contributed by atoms with Crippen LogP contribution in [0.5, 0.6) is 0 Å². The fourth-order valence-electron chi connectivity index (χ4n) is 1.83. The highest BCUT2D eigenvalue weighted by Crippen LogP contribution is 2.13. The second-order valence-corrected chi connectivity index (χ2v) is 3.86. The highest BCUT2D eigenvalue weighted by molar-refractivity contribution is 5.78. The summed E-state index contributed by atoms with van der Waals surface area (Å²) in [5.41, 5.74) is 0.287. The Kier molecular flexibility index (Phi) is 3.04. The molecule has 0 atom stereocenters. The summed E-state index contributed by atoms with van der Waals surface area (Å²) in [6.07, 6.45) is 1.87. The van der Waals surface area contributed by atoms with Crippen molar-refractivity contribution < 1.29 is 4.39 Å². The molecule has 2 rings (SSSR count). The van der Waals surface area contributed by atoms with Gasteiger partial charge in [0, 0.05) is 11.9 Å². The van der Waals surface area contributed by atoms with Crippen molar-refractivity contribution in [3.63, 3.8) is 0 Å². The molecule has 0 spiro atoms. The van der Waals surface area contributed by atoms with Crippen LogP contribution in [0.15, 0.2) is 35.1 Å². The third-order valence-electron chi connectivity index (χ3n) is 2.69. The van der Waals surface area contributed by atoms with Crippen LogP contribution in [0.25, 0.3) is 10.9 Å². The predicted molar refractivity (Wildman–Crippen MR) is 63.1 cm³/mol. The molecule has 0 bridgehead atoms. The summed E-state index contributed by atoms with van der Waals surface area (Å²) in [5.74, 6) is -0.671. The van der Waals surface area contributed by atoms with E-state index in [2.05, 4.69) is 0 Å². The lowest BCUT2D eigenvalue weighted by atomic mass is 10.2. The Morgan fingerprint density at radius 3 is 2.81 bits per heavy atom. The molecule has 84 valence electrons. The van der Waals surface area contributed by atoms with Crippen LogP contribution in [0.1, 0.15) is 19.8 Å². The topological polar surface area (TPSA) is 22.0 Å². The van der Waals surface area contributed by atoms with Gasteiger partial charge in [-0.2, -0.15) is 0 Å². The lowest BCUT2D eigenvalue weighted by molar-refractivity contribution is 0.562. The van der Waals surface area contributed by atoms with Crippen molar-refractivity contribution in [2.75, 3.05) is 0 Å². The fourth-order valence-corrected chi connectivity index (χ4v) is 1.83. The van der Waals surface area contributed by atoms with Crippen molar-refractivity contribution >= 4 is 10.9 Å². The van der Waals surface area contributed by atoms with E-state index in [4.69, 9.17) is 0 Å². The van der Waals surface area contributed by atoms with E-state index in [1.54, 1.807) is 0 Å². The van der Waals surface area contributed by atoms with E-state index in [1.807, 2.05) is 31.2 Å². The molecular weight excluding hydrogens is 205 g/mol. The van der Waals surface area contributed by atoms with Crippen LogP contribution in [0.4, 0.5) is 4.39 Å². The molecule has 0 saturated heterocycles. The number of aromatic nitrogens is 1. The summed E-state index contributed by atoms with van der Waals surface area (Å²) in [7, 11) is 0. The molecule has 0 radical (unpaired) electrons. The maximum atomic E-state index is 13.4. The summed E-state index contributed by atoms with van der Waals surface area (Å²) in [4.78, 5) is 11.7. The summed E-state index contributed by atoms with van der Waals surface area (Å²) < 4.78 is 14.9. The number of fused-ring (bicyclic) bond motifs is 1. The lowest BCUT2D eigenvalue weighted by Gasteiger charge is -2.09. The van der Waals surface area contributed by atoms with Crippen molar-refractivity contribution in [1.82, 2.24) is 4.57 Å². The Morgan fingerprint density at radius 1 is 1.31 bits per heavy atom. The summed E-state index contributed by atoms with van der Waals surface area (Å²) in [5, 5.41) is 0.774. The number of unbranched alkanes of at least 4 members (excludes halogenated alkanes) is 1. The molecule has 0 aliphatic carbocycles. The van der Waals surface area contributed by atoms with Crippen LogP contribution in [-0.2, 0) is 6.54 Å². The second-order valence-electron chi connectivity index (χ2n) is 3.86. The number of hydrogen-bond donors (Lipinski definition) is 0. The normalized spacial score (nSPS) is 10.9. The van der Waals surface area contributed by atoms with Gasteiger partial charge in [0.15, 0.2) is 5.82 Å². The van der Waals surface area contributed by atoms with Crippen LogP contribution in [-0.4, -0.2) is 4.57 Å². The molecule has 0 unspecified atom stereocenters. The monoisotopic (exact) mass is 219 g/mol. The number of aryl methyl sites for hydroxylation is 1. The Bertz CT molecular complexity index is 559. The van der Waals surface area contributed by atoms with Gasteiger partial charge in [-0.25, -0.2) is 4.39 Å². The van der Waals surface area contributed by atoms with E-state index >= 15 is 0 Å². The summed E-state index contributed by atoms with van der Waals surface area (Å²) in [6, 6.07) is 8.69. The molecule has 0 N–H and O–H groups in total. The average Bonchev–Trinajstić information content (AvgIpc) is 2.30. The minimum Gasteiger partial charge on any atom is -0.306 e. The quantitative estimate of drug-likeness (QED) is 0.778. The first-order valence-corrected chi connectivity index (χ1v) is 5.52. The Hall–Kier alpha value is -1.64. The van der Waals surface area contributed by atoms with Crippen LogP contribution in [0.3, 0.4) is 0 Å². The van der Waals surface area contributed by atoms with Crippen molar-refractivity contribution in [1.29, 1.82) is 0 Å². The van der Waals surface area contributed by atoms with E-state index < -0.39 is 11.4 Å². The first-order valence-electron chi connectivity index (χ1n) is 5.52. The molecule has 1 aromatic carbocycles. The van der Waals surface area contributed by atoms with Gasteiger partial charge >= 0.3 is 0 Å². The number of nitrogens with zero attached hydrogens (tertiary/aromatic N) is 1. The Balaban J connectivity index is 2.66. The van der Waals surface area contributed by atoms with E-state index in [9.17, 15) is 9.18 Å². The fraction of sp³-hybridized carbons (Fsp3) is 0.308. The Labute approximate surface area is 93.3 Å². The van der Waals surface area contributed by atoms with Gasteiger partial charge in [0.25, 0.3) is 5.56 Å². The molecule has 1 heterocycles. The molecule has 0 fully saturated rings. The zero-order chi connectivity index (χ0) is 11.5. The smallest absolute Gasteiger partial charge is 0.287 e. The highest BCUT2D eigenvalue weighted by Gasteiger charge is 2.07. The van der Waals surface area contributed by atoms with Gasteiger partial charge in [-0.05, 0) is 18.6 Å². The molecule has 2 aromatic rings. The van der Waals surface area contributed by atoms with Gasteiger partial charge in [0.1, 0.15) is 0 Å². The van der Waals surface area contributed by atoms with Crippen molar-refractivity contribution in [2.45, 2.75) is 26.3 Å². The second kappa shape index (κ2) is 4.47. The minimum absolute atomic E-state index is 0.521. The van der Waals surface area contributed by atoms with Crippen LogP contribution < -0.4 is 5.56 Å². The minimum atomic E-state index is -0.671. The number of rotatable bonds is 3. The molecule has 1 aromatic heterocycles. The zero-order valence-corrected chi connectivity index (χ0v) is 9.24. The van der Waals surface area contributed by atoms with Crippen LogP contribution in [0.2, 0.25) is 0 Å². The predicted octanol–water partition coefficient (Wildman–Crippen LogP) is 2.94. The average molecular weight is 219 g/mol. The number of pyridine rings is 1. The molecule has 16 heavy (non-hydrogen) atoms. The maximum Gasteiger partial charge on any atom is 0.287 e. The van der Waals surface area contributed by atoms with E-state index in [-0.39, 0.29) is 0 Å². The van der Waals surface area contributed by atoms with E-state index in [0.29, 0.717) is 6.54 Å². The van der Waals surface area contributed by atoms with Crippen LogP contribution >= 0.6 is 0 Å². The molecule has 0 saturated carbocycles. The molecular formula is C13H14FNO. The van der Waals surface area contributed by atoms with Crippen LogP contribution in [0, 0.1) is 5.82 Å². The number of hydrogen-bond acceptors (Lipinski definition) is 1. The molecule has 0 amide bonds. The highest BCUT2D eigenvalue weighted by atomic mass is 19.1. The third-order valence-corrected chi connectivity index (χ3v) is 2.69. The van der Waals surface area contributed by atoms with Crippen molar-refractivity contribution in [3.8, 4) is 0 Å². The zero-order valence-electron chi connectivity index (χ0n) is 9.24. The van der Waals surface area contributed by atoms with Gasteiger partial charge < -0.3 is 4.57 Å². The molecule has 2 nitrogen and oxygen atoms in total. The van der Waals surface area contributed by atoms with Gasteiger partial charge in [-0.1, -0.05) is 31.5 Å². The van der Waals surface area contributed by atoms with Gasteiger partial charge in [-0.3, -0.25) is 4.79 Å². The van der Waals surface area contributed by atoms with Crippen molar-refractivity contribution in [3.05, 3.63) is 46.5 Å². The number of para-hydroxylation sites is 1. The number of benzene rings is 1. The standard InChI is InChI=1S/C13H14FNO/c1-2-3-8-15-12-7-5-4-6-10(12)9-11(14)13(15)16/h4-7,9H,2-3,8H2,1H3. The maximum absolute atomic E-state index is 13.4. The first-order chi connectivity index (χ1) is 7.74. The molecule has 0 aliphatic rings. The number of halogens is 1. The van der Waals surface area contributed by atoms with E-state index in [0.717, 1.165) is 23.7 Å². The molecule has 0 aliphatic heterocycles. The summed E-state index contributed by atoms with van der Waals surface area (Å²) in [6.45, 7) is 2.63. The van der Waals surface area contributed by atoms with Gasteiger partial charge in [-0.15, -0.1) is 0 Å². The lowest BCUT2D eigenvalue weighted by Crippen LogP contribution is -2.23. The summed E-state index contributed by atoms with van der Waals surface area (Å²) >= 11 is 0. The Morgan fingerprint density at radius 2 is 2.06 bits per heavy atom.